The molecule has 0 amide bonds. The van der Waals surface area contributed by atoms with Gasteiger partial charge in [0.25, 0.3) is 0 Å². The van der Waals surface area contributed by atoms with Crippen LogP contribution >= 0.6 is 0 Å². The van der Waals surface area contributed by atoms with Crippen molar-refractivity contribution in [1.82, 2.24) is 4.98 Å². The molecule has 29 heavy (non-hydrogen) atoms. The van der Waals surface area contributed by atoms with E-state index >= 15 is 0 Å². The zero-order valence-corrected chi connectivity index (χ0v) is 17.0. The van der Waals surface area contributed by atoms with E-state index in [4.69, 9.17) is 10.7 Å². The number of benzene rings is 3. The summed E-state index contributed by atoms with van der Waals surface area (Å²) in [5, 5.41) is 1.17. The van der Waals surface area contributed by atoms with Crippen molar-refractivity contribution in [2.45, 2.75) is 38.1 Å². The molecule has 2 heteroatoms. The van der Waals surface area contributed by atoms with Gasteiger partial charge < -0.3 is 5.73 Å². The van der Waals surface area contributed by atoms with E-state index in [9.17, 15) is 0 Å². The lowest BCUT2D eigenvalue weighted by Crippen LogP contribution is -2.29. The Labute approximate surface area is 173 Å². The van der Waals surface area contributed by atoms with Crippen LogP contribution < -0.4 is 5.73 Å². The van der Waals surface area contributed by atoms with Crippen LogP contribution in [-0.4, -0.2) is 11.0 Å². The summed E-state index contributed by atoms with van der Waals surface area (Å²) >= 11 is 0. The Balaban J connectivity index is 1.77. The summed E-state index contributed by atoms with van der Waals surface area (Å²) in [5.41, 5.74) is 13.0. The molecule has 0 aliphatic carbocycles. The lowest BCUT2D eigenvalue weighted by atomic mass is 9.82. The molecule has 0 aliphatic heterocycles. The van der Waals surface area contributed by atoms with E-state index in [2.05, 4.69) is 85.8 Å². The quantitative estimate of drug-likeness (QED) is 0.422. The molecule has 2 N–H and O–H groups in total. The van der Waals surface area contributed by atoms with Crippen molar-refractivity contribution >= 4 is 10.9 Å². The fourth-order valence-corrected chi connectivity index (χ4v) is 4.26. The first-order valence-electron chi connectivity index (χ1n) is 10.5. The van der Waals surface area contributed by atoms with Gasteiger partial charge in [0.15, 0.2) is 0 Å². The zero-order valence-electron chi connectivity index (χ0n) is 17.0. The maximum Gasteiger partial charge on any atom is 0.0740 e. The lowest BCUT2D eigenvalue weighted by molar-refractivity contribution is 0.545. The average molecular weight is 381 g/mol. The molecular weight excluding hydrogens is 352 g/mol. The highest BCUT2D eigenvalue weighted by Gasteiger charge is 2.24. The molecule has 0 spiro atoms. The summed E-state index contributed by atoms with van der Waals surface area (Å²) in [7, 11) is 0. The number of hydrogen-bond donors (Lipinski definition) is 1. The second kappa shape index (κ2) is 9.02. The molecule has 0 bridgehead atoms. The monoisotopic (exact) mass is 380 g/mol. The minimum absolute atomic E-state index is 0.0552. The van der Waals surface area contributed by atoms with Crippen molar-refractivity contribution in [3.05, 3.63) is 113 Å². The number of fused-ring (bicyclic) bond motifs is 1. The van der Waals surface area contributed by atoms with Crippen molar-refractivity contribution in [1.29, 1.82) is 0 Å². The van der Waals surface area contributed by atoms with Crippen LogP contribution in [0.3, 0.4) is 0 Å². The van der Waals surface area contributed by atoms with Gasteiger partial charge in [0.2, 0.25) is 0 Å². The Kier molecular flexibility index (Phi) is 6.02. The minimum atomic E-state index is 0.0552. The molecule has 4 rings (SSSR count). The summed E-state index contributed by atoms with van der Waals surface area (Å²) in [6.07, 6.45) is 4.86. The number of rotatable bonds is 7. The predicted molar refractivity (Wildman–Crippen MR) is 122 cm³/mol. The van der Waals surface area contributed by atoms with Crippen molar-refractivity contribution in [2.75, 3.05) is 0 Å². The van der Waals surface area contributed by atoms with Gasteiger partial charge >= 0.3 is 0 Å². The van der Waals surface area contributed by atoms with Crippen LogP contribution in [0.2, 0.25) is 0 Å². The van der Waals surface area contributed by atoms with Crippen LogP contribution in [0.4, 0.5) is 0 Å². The van der Waals surface area contributed by atoms with Gasteiger partial charge in [-0.3, -0.25) is 4.98 Å². The zero-order chi connectivity index (χ0) is 20.1. The molecule has 0 saturated carbocycles. The Morgan fingerprint density at radius 1 is 0.828 bits per heavy atom. The van der Waals surface area contributed by atoms with Gasteiger partial charge in [0.05, 0.1) is 5.52 Å². The van der Waals surface area contributed by atoms with Crippen molar-refractivity contribution in [2.24, 2.45) is 5.73 Å². The number of nitrogens with zero attached hydrogens (tertiary/aromatic N) is 1. The lowest BCUT2D eigenvalue weighted by Gasteiger charge is -2.26. The van der Waals surface area contributed by atoms with E-state index in [1.165, 1.54) is 27.6 Å². The fourth-order valence-electron chi connectivity index (χ4n) is 4.26. The number of nitrogens with two attached hydrogens (primary N) is 1. The van der Waals surface area contributed by atoms with Gasteiger partial charge in [-0.1, -0.05) is 92.2 Å². The van der Waals surface area contributed by atoms with E-state index < -0.39 is 0 Å². The summed E-state index contributed by atoms with van der Waals surface area (Å²) in [4.78, 5) is 4.70. The molecule has 2 atom stereocenters. The number of hydrogen-bond acceptors (Lipinski definition) is 2. The van der Waals surface area contributed by atoms with E-state index in [0.29, 0.717) is 0 Å². The number of para-hydroxylation sites is 1. The first-order chi connectivity index (χ1) is 14.3. The Bertz CT molecular complexity index is 1070. The molecule has 0 radical (unpaired) electrons. The van der Waals surface area contributed by atoms with E-state index in [1.54, 1.807) is 0 Å². The highest BCUT2D eigenvalue weighted by atomic mass is 14.7. The molecule has 146 valence electrons. The second-order valence-corrected chi connectivity index (χ2v) is 7.76. The van der Waals surface area contributed by atoms with Gasteiger partial charge in [-0.2, -0.15) is 0 Å². The van der Waals surface area contributed by atoms with Crippen molar-refractivity contribution < 1.29 is 0 Å². The molecule has 0 fully saturated rings. The summed E-state index contributed by atoms with van der Waals surface area (Å²) in [6, 6.07) is 30.2. The van der Waals surface area contributed by atoms with Crippen LogP contribution in [0.25, 0.3) is 10.9 Å². The molecule has 2 nitrogen and oxygen atoms in total. The Hall–Kier alpha value is -2.97. The standard InChI is InChI=1S/C27H28N2/c1-2-9-25(28)26(24-16-7-13-22-15-8-17-29-27(22)24)23-14-6-12-21(19-23)18-20-10-4-3-5-11-20/h3-8,10-17,19,25-26H,2,9,18,28H2,1H3. The van der Waals surface area contributed by atoms with Gasteiger partial charge in [0.1, 0.15) is 0 Å². The van der Waals surface area contributed by atoms with Crippen LogP contribution in [0, 0.1) is 0 Å². The average Bonchev–Trinajstić information content (AvgIpc) is 2.75. The maximum absolute atomic E-state index is 6.76. The molecule has 3 aromatic carbocycles. The van der Waals surface area contributed by atoms with Crippen LogP contribution in [0.15, 0.2) is 91.1 Å². The largest absolute Gasteiger partial charge is 0.327 e. The fraction of sp³-hybridized carbons (Fsp3) is 0.222. The minimum Gasteiger partial charge on any atom is -0.327 e. The molecular formula is C27H28N2. The SMILES string of the molecule is CCCC(N)C(c1cccc(Cc2ccccc2)c1)c1cccc2cccnc12. The Morgan fingerprint density at radius 2 is 1.59 bits per heavy atom. The third-order valence-electron chi connectivity index (χ3n) is 5.61. The molecule has 4 aromatic rings. The van der Waals surface area contributed by atoms with E-state index in [-0.39, 0.29) is 12.0 Å². The first kappa shape index (κ1) is 19.4. The third kappa shape index (κ3) is 4.38. The molecule has 0 saturated heterocycles. The summed E-state index contributed by atoms with van der Waals surface area (Å²) in [5.74, 6) is 0.129. The van der Waals surface area contributed by atoms with Crippen molar-refractivity contribution in [3.63, 3.8) is 0 Å². The number of pyridine rings is 1. The van der Waals surface area contributed by atoms with Gasteiger partial charge in [-0.05, 0) is 41.2 Å². The smallest absolute Gasteiger partial charge is 0.0740 e. The molecule has 2 unspecified atom stereocenters. The second-order valence-electron chi connectivity index (χ2n) is 7.76. The van der Waals surface area contributed by atoms with Crippen LogP contribution in [-0.2, 0) is 6.42 Å². The molecule has 1 aromatic heterocycles. The van der Waals surface area contributed by atoms with Crippen LogP contribution in [0.5, 0.6) is 0 Å². The molecule has 0 aliphatic rings. The van der Waals surface area contributed by atoms with Crippen LogP contribution in [0.1, 0.15) is 47.9 Å². The third-order valence-corrected chi connectivity index (χ3v) is 5.61. The summed E-state index contributed by atoms with van der Waals surface area (Å²) in [6.45, 7) is 2.20. The van der Waals surface area contributed by atoms with Gasteiger partial charge in [-0.15, -0.1) is 0 Å². The molecule has 1 heterocycles. The highest BCUT2D eigenvalue weighted by molar-refractivity contribution is 5.82. The van der Waals surface area contributed by atoms with Crippen molar-refractivity contribution in [3.8, 4) is 0 Å². The predicted octanol–water partition coefficient (Wildman–Crippen LogP) is 6.08. The van der Waals surface area contributed by atoms with Gasteiger partial charge in [0, 0.05) is 23.5 Å². The highest BCUT2D eigenvalue weighted by Crippen LogP contribution is 2.34. The van der Waals surface area contributed by atoms with E-state index in [0.717, 1.165) is 24.8 Å². The van der Waals surface area contributed by atoms with Gasteiger partial charge in [-0.25, -0.2) is 0 Å². The van der Waals surface area contributed by atoms with E-state index in [1.807, 2.05) is 12.3 Å². The number of aromatic nitrogens is 1. The maximum atomic E-state index is 6.76. The topological polar surface area (TPSA) is 38.9 Å². The normalized spacial score (nSPS) is 13.3. The first-order valence-corrected chi connectivity index (χ1v) is 10.5. The summed E-state index contributed by atoms with van der Waals surface area (Å²) < 4.78 is 0. The Morgan fingerprint density at radius 3 is 2.41 bits per heavy atom.